The van der Waals surface area contributed by atoms with E-state index in [1.165, 1.54) is 64.0 Å². The van der Waals surface area contributed by atoms with Crippen LogP contribution in [0.3, 0.4) is 0 Å². The minimum Gasteiger partial charge on any atom is -0.323 e. The van der Waals surface area contributed by atoms with Crippen molar-refractivity contribution in [3.63, 3.8) is 0 Å². The molecule has 0 unspecified atom stereocenters. The molecule has 0 radical (unpaired) electrons. The van der Waals surface area contributed by atoms with Crippen molar-refractivity contribution in [1.82, 2.24) is 0 Å². The standard InChI is InChI=1S/C20H30N2/c1-18-9-11-20(12-10-18)22-16-14-21(15-17-22)13-5-8-19-6-3-2-4-7-19/h2-8,18,20H,9-17H2,1H3/p+2/b8-5+. The van der Waals surface area contributed by atoms with Crippen LogP contribution >= 0.6 is 0 Å². The topological polar surface area (TPSA) is 8.88 Å². The van der Waals surface area contributed by atoms with E-state index in [9.17, 15) is 0 Å². The minimum absolute atomic E-state index is 0.970. The highest BCUT2D eigenvalue weighted by atomic mass is 15.3. The quantitative estimate of drug-likeness (QED) is 0.823. The summed E-state index contributed by atoms with van der Waals surface area (Å²) >= 11 is 0. The molecule has 1 saturated carbocycles. The highest BCUT2D eigenvalue weighted by Crippen LogP contribution is 2.21. The van der Waals surface area contributed by atoms with Crippen molar-refractivity contribution < 1.29 is 9.80 Å². The van der Waals surface area contributed by atoms with E-state index in [-0.39, 0.29) is 0 Å². The van der Waals surface area contributed by atoms with Gasteiger partial charge in [0, 0.05) is 0 Å². The van der Waals surface area contributed by atoms with Gasteiger partial charge in [-0.25, -0.2) is 0 Å². The second kappa shape index (κ2) is 7.94. The van der Waals surface area contributed by atoms with Crippen LogP contribution in [-0.2, 0) is 0 Å². The molecule has 2 N–H and O–H groups in total. The normalized spacial score (nSPS) is 33.1. The molecule has 1 aromatic rings. The summed E-state index contributed by atoms with van der Waals surface area (Å²) in [5.74, 6) is 0.977. The Labute approximate surface area is 135 Å². The van der Waals surface area contributed by atoms with Crippen molar-refractivity contribution >= 4 is 6.08 Å². The van der Waals surface area contributed by atoms with Crippen molar-refractivity contribution in [3.8, 4) is 0 Å². The highest BCUT2D eigenvalue weighted by Gasteiger charge is 2.31. The minimum atomic E-state index is 0.970. The van der Waals surface area contributed by atoms with Crippen LogP contribution in [0.4, 0.5) is 0 Å². The molecule has 1 aromatic carbocycles. The van der Waals surface area contributed by atoms with E-state index >= 15 is 0 Å². The molecule has 0 atom stereocenters. The molecule has 0 aromatic heterocycles. The van der Waals surface area contributed by atoms with Crippen molar-refractivity contribution in [2.75, 3.05) is 32.7 Å². The van der Waals surface area contributed by atoms with Crippen LogP contribution in [0.15, 0.2) is 36.4 Å². The van der Waals surface area contributed by atoms with E-state index in [1.807, 2.05) is 4.90 Å². The third kappa shape index (κ3) is 4.44. The molecule has 2 aliphatic rings. The van der Waals surface area contributed by atoms with E-state index in [2.05, 4.69) is 49.4 Å². The van der Waals surface area contributed by atoms with Gasteiger partial charge in [-0.3, -0.25) is 0 Å². The molecule has 2 fully saturated rings. The molecule has 1 aliphatic carbocycles. The molecule has 2 nitrogen and oxygen atoms in total. The van der Waals surface area contributed by atoms with Crippen molar-refractivity contribution in [2.24, 2.45) is 5.92 Å². The molecule has 0 spiro atoms. The lowest BCUT2D eigenvalue weighted by molar-refractivity contribution is -1.02. The summed E-state index contributed by atoms with van der Waals surface area (Å²) in [6.07, 6.45) is 10.5. The van der Waals surface area contributed by atoms with Crippen LogP contribution in [-0.4, -0.2) is 38.8 Å². The third-order valence-corrected chi connectivity index (χ3v) is 5.71. The van der Waals surface area contributed by atoms with Gasteiger partial charge in [0.05, 0.1) is 12.6 Å². The van der Waals surface area contributed by atoms with Gasteiger partial charge in [0.2, 0.25) is 0 Å². The monoisotopic (exact) mass is 300 g/mol. The summed E-state index contributed by atoms with van der Waals surface area (Å²) in [6, 6.07) is 11.6. The summed E-state index contributed by atoms with van der Waals surface area (Å²) in [7, 11) is 0. The van der Waals surface area contributed by atoms with Crippen molar-refractivity contribution in [1.29, 1.82) is 0 Å². The van der Waals surface area contributed by atoms with Gasteiger partial charge in [-0.05, 0) is 43.2 Å². The highest BCUT2D eigenvalue weighted by molar-refractivity contribution is 5.48. The second-order valence-electron chi connectivity index (χ2n) is 7.38. The Morgan fingerprint density at radius 2 is 1.64 bits per heavy atom. The molecule has 1 aliphatic heterocycles. The first-order chi connectivity index (χ1) is 10.8. The average Bonchev–Trinajstić information content (AvgIpc) is 2.57. The fourth-order valence-corrected chi connectivity index (χ4v) is 4.13. The first-order valence-corrected chi connectivity index (χ1v) is 9.21. The average molecular weight is 300 g/mol. The van der Waals surface area contributed by atoms with Gasteiger partial charge in [0.15, 0.2) is 0 Å². The van der Waals surface area contributed by atoms with Gasteiger partial charge in [0.25, 0.3) is 0 Å². The predicted molar refractivity (Wildman–Crippen MR) is 93.2 cm³/mol. The Morgan fingerprint density at radius 3 is 2.32 bits per heavy atom. The van der Waals surface area contributed by atoms with Crippen LogP contribution in [0, 0.1) is 5.92 Å². The Balaban J connectivity index is 1.39. The summed E-state index contributed by atoms with van der Waals surface area (Å²) in [4.78, 5) is 3.67. The molecule has 2 heteroatoms. The maximum Gasteiger partial charge on any atom is 0.127 e. The molecule has 1 heterocycles. The third-order valence-electron chi connectivity index (χ3n) is 5.71. The molecule has 120 valence electrons. The lowest BCUT2D eigenvalue weighted by atomic mass is 9.86. The maximum atomic E-state index is 2.42. The molecule has 0 bridgehead atoms. The van der Waals surface area contributed by atoms with Crippen LogP contribution in [0.2, 0.25) is 0 Å². The summed E-state index contributed by atoms with van der Waals surface area (Å²) in [5.41, 5.74) is 1.32. The zero-order valence-corrected chi connectivity index (χ0v) is 14.1. The molecule has 1 saturated heterocycles. The van der Waals surface area contributed by atoms with E-state index in [0.717, 1.165) is 12.0 Å². The number of piperazine rings is 1. The van der Waals surface area contributed by atoms with Crippen molar-refractivity contribution in [2.45, 2.75) is 38.6 Å². The predicted octanol–water partition coefficient (Wildman–Crippen LogP) is 1.06. The van der Waals surface area contributed by atoms with Gasteiger partial charge in [0.1, 0.15) is 26.2 Å². The van der Waals surface area contributed by atoms with Gasteiger partial charge in [-0.15, -0.1) is 0 Å². The largest absolute Gasteiger partial charge is 0.323 e. The summed E-state index contributed by atoms with van der Waals surface area (Å²) < 4.78 is 0. The van der Waals surface area contributed by atoms with E-state index in [0.29, 0.717) is 0 Å². The SMILES string of the molecule is CC1CCC([NH+]2CC[NH+](C/C=C/c3ccccc3)CC2)CC1. The molecular weight excluding hydrogens is 268 g/mol. The molecule has 0 amide bonds. The van der Waals surface area contributed by atoms with Gasteiger partial charge in [-0.2, -0.15) is 0 Å². The lowest BCUT2D eigenvalue weighted by Crippen LogP contribution is -3.29. The van der Waals surface area contributed by atoms with Gasteiger partial charge < -0.3 is 9.80 Å². The summed E-state index contributed by atoms with van der Waals surface area (Å²) in [5, 5.41) is 0. The van der Waals surface area contributed by atoms with E-state index < -0.39 is 0 Å². The summed E-state index contributed by atoms with van der Waals surface area (Å²) in [6.45, 7) is 9.07. The molecule has 3 rings (SSSR count). The Hall–Kier alpha value is -1.12. The second-order valence-corrected chi connectivity index (χ2v) is 7.38. The molecular formula is C20H32N2+2. The van der Waals surface area contributed by atoms with Crippen LogP contribution in [0.1, 0.15) is 38.2 Å². The van der Waals surface area contributed by atoms with Crippen LogP contribution in [0.5, 0.6) is 0 Å². The fourth-order valence-electron chi connectivity index (χ4n) is 4.13. The van der Waals surface area contributed by atoms with Gasteiger partial charge >= 0.3 is 0 Å². The first kappa shape index (κ1) is 15.8. The Bertz CT molecular complexity index is 452. The van der Waals surface area contributed by atoms with Crippen molar-refractivity contribution in [3.05, 3.63) is 42.0 Å². The number of benzene rings is 1. The first-order valence-electron chi connectivity index (χ1n) is 9.21. The zero-order valence-electron chi connectivity index (χ0n) is 14.1. The smallest absolute Gasteiger partial charge is 0.127 e. The lowest BCUT2D eigenvalue weighted by Gasteiger charge is -2.37. The number of quaternary nitrogens is 2. The Morgan fingerprint density at radius 1 is 0.955 bits per heavy atom. The van der Waals surface area contributed by atoms with Crippen LogP contribution < -0.4 is 9.80 Å². The van der Waals surface area contributed by atoms with E-state index in [4.69, 9.17) is 0 Å². The van der Waals surface area contributed by atoms with E-state index in [1.54, 1.807) is 4.90 Å². The number of hydrogen-bond donors (Lipinski definition) is 2. The van der Waals surface area contributed by atoms with Crippen LogP contribution in [0.25, 0.3) is 6.08 Å². The fraction of sp³-hybridized carbons (Fsp3) is 0.600. The van der Waals surface area contributed by atoms with Gasteiger partial charge in [-0.1, -0.05) is 43.3 Å². The zero-order chi connectivity index (χ0) is 15.2. The molecule has 22 heavy (non-hydrogen) atoms. The Kier molecular flexibility index (Phi) is 5.69. The number of rotatable bonds is 4. The number of nitrogens with one attached hydrogen (secondary N) is 2. The number of hydrogen-bond acceptors (Lipinski definition) is 0. The maximum absolute atomic E-state index is 2.42.